The van der Waals surface area contributed by atoms with E-state index in [4.69, 9.17) is 14.2 Å². The molecule has 2 N–H and O–H groups in total. The van der Waals surface area contributed by atoms with Gasteiger partial charge in [0, 0.05) is 12.1 Å². The number of non-ortho nitro benzene ring substituents is 1. The van der Waals surface area contributed by atoms with E-state index in [9.17, 15) is 19.5 Å². The van der Waals surface area contributed by atoms with Gasteiger partial charge in [-0.15, -0.1) is 0 Å². The highest BCUT2D eigenvalue weighted by Crippen LogP contribution is 2.45. The lowest BCUT2D eigenvalue weighted by Gasteiger charge is -2.22. The molecule has 2 atom stereocenters. The van der Waals surface area contributed by atoms with Crippen molar-refractivity contribution < 1.29 is 28.4 Å². The average molecular weight is 366 g/mol. The molecule has 10 heteroatoms. The second-order valence-corrected chi connectivity index (χ2v) is 6.55. The molecule has 0 radical (unpaired) electrons. The molecule has 0 aromatic heterocycles. The van der Waals surface area contributed by atoms with Crippen LogP contribution in [0.4, 0.5) is 5.69 Å². The summed E-state index contributed by atoms with van der Waals surface area (Å²) in [5.74, 6) is -1.02. The summed E-state index contributed by atoms with van der Waals surface area (Å²) in [5, 5.41) is 22.0. The summed E-state index contributed by atoms with van der Waals surface area (Å²) in [7, 11) is -4.11. The zero-order valence-electron chi connectivity index (χ0n) is 13.1. The first-order valence-corrected chi connectivity index (χ1v) is 8.63. The number of nitro benzene ring substituents is 1. The summed E-state index contributed by atoms with van der Waals surface area (Å²) in [6.45, 7) is 1.28. The number of nitro groups is 1. The molecular weight excluding hydrogens is 351 g/mol. The maximum atomic E-state index is 12.9. The number of hydrogen-bond acceptors (Lipinski definition) is 6. The minimum absolute atomic E-state index is 0.0231. The molecule has 1 unspecified atom stereocenters. The smallest absolute Gasteiger partial charge is 0.480 e. The quantitative estimate of drug-likeness (QED) is 0.414. The number of carboxylic acids is 1. The Morgan fingerprint density at radius 2 is 1.64 bits per heavy atom. The van der Waals surface area contributed by atoms with Crippen LogP contribution in [0, 0.1) is 10.1 Å². The van der Waals surface area contributed by atoms with Crippen molar-refractivity contribution in [3.8, 4) is 11.5 Å². The van der Waals surface area contributed by atoms with Gasteiger partial charge in [0.25, 0.3) is 5.69 Å². The number of benzene rings is 2. The first-order valence-electron chi connectivity index (χ1n) is 7.08. The van der Waals surface area contributed by atoms with Crippen LogP contribution in [0.1, 0.15) is 6.92 Å². The van der Waals surface area contributed by atoms with Crippen molar-refractivity contribution in [3.05, 3.63) is 64.7 Å². The molecule has 132 valence electrons. The first-order chi connectivity index (χ1) is 11.8. The summed E-state index contributed by atoms with van der Waals surface area (Å²) < 4.78 is 23.6. The van der Waals surface area contributed by atoms with Crippen LogP contribution in [0.5, 0.6) is 11.5 Å². The predicted molar refractivity (Wildman–Crippen MR) is 88.6 cm³/mol. The van der Waals surface area contributed by atoms with E-state index >= 15 is 0 Å². The van der Waals surface area contributed by atoms with Gasteiger partial charge in [-0.1, -0.05) is 18.2 Å². The number of para-hydroxylation sites is 1. The first kappa shape index (κ1) is 18.4. The molecule has 2 aromatic rings. The lowest BCUT2D eigenvalue weighted by molar-refractivity contribution is -0.384. The number of hydrogen-bond donors (Lipinski definition) is 2. The van der Waals surface area contributed by atoms with Crippen LogP contribution in [0.15, 0.2) is 54.6 Å². The van der Waals surface area contributed by atoms with Crippen LogP contribution in [0.25, 0.3) is 0 Å². The maximum Gasteiger partial charge on any atom is 0.513 e. The van der Waals surface area contributed by atoms with E-state index in [0.717, 1.165) is 0 Å². The van der Waals surface area contributed by atoms with Gasteiger partial charge in [0.15, 0.2) is 0 Å². The van der Waals surface area contributed by atoms with Gasteiger partial charge in [0.2, 0.25) is 0 Å². The maximum absolute atomic E-state index is 12.9. The standard InChI is InChI=1S/C15H15N2O7P/c1-11(15(18)19)16-25(22,23-13-5-3-2-4-6-13)24-14-9-7-12(8-10-14)17(20)21/h2-11H,1H3,(H,16,22)(H,18,19)/t11-,25?/m0/s1. The topological polar surface area (TPSA) is 128 Å². The third-order valence-corrected chi connectivity index (χ3v) is 4.57. The second kappa shape index (κ2) is 7.78. The van der Waals surface area contributed by atoms with Crippen molar-refractivity contribution in [1.82, 2.24) is 5.09 Å². The molecule has 0 saturated carbocycles. The van der Waals surface area contributed by atoms with E-state index in [0.29, 0.717) is 0 Å². The fourth-order valence-electron chi connectivity index (χ4n) is 1.75. The lowest BCUT2D eigenvalue weighted by Crippen LogP contribution is -2.34. The third kappa shape index (κ3) is 5.30. The molecule has 0 aliphatic heterocycles. The molecule has 0 spiro atoms. The fourth-order valence-corrected chi connectivity index (χ4v) is 3.28. The Balaban J connectivity index is 2.25. The van der Waals surface area contributed by atoms with Crippen LogP contribution in [-0.2, 0) is 9.36 Å². The Bertz CT molecular complexity index is 795. The van der Waals surface area contributed by atoms with Crippen molar-refractivity contribution in [2.45, 2.75) is 13.0 Å². The highest BCUT2D eigenvalue weighted by molar-refractivity contribution is 7.52. The number of carbonyl (C=O) groups is 1. The van der Waals surface area contributed by atoms with Crippen LogP contribution >= 0.6 is 7.75 Å². The summed E-state index contributed by atoms with van der Waals surface area (Å²) in [5.41, 5.74) is -0.168. The number of carboxylic acid groups (broad SMARTS) is 1. The van der Waals surface area contributed by atoms with Gasteiger partial charge in [0.05, 0.1) is 4.92 Å². The van der Waals surface area contributed by atoms with E-state index < -0.39 is 24.7 Å². The monoisotopic (exact) mass is 366 g/mol. The Hall–Kier alpha value is -2.90. The number of nitrogens with zero attached hydrogens (tertiary/aromatic N) is 1. The Morgan fingerprint density at radius 1 is 1.12 bits per heavy atom. The largest absolute Gasteiger partial charge is 0.513 e. The summed E-state index contributed by atoms with van der Waals surface area (Å²) in [6.07, 6.45) is 0. The molecule has 0 aliphatic rings. The van der Waals surface area contributed by atoms with E-state index in [2.05, 4.69) is 5.09 Å². The normalized spacial score (nSPS) is 14.1. The van der Waals surface area contributed by atoms with Crippen LogP contribution < -0.4 is 14.1 Å². The minimum atomic E-state index is -4.11. The molecular formula is C15H15N2O7P. The van der Waals surface area contributed by atoms with Gasteiger partial charge in [-0.25, -0.2) is 4.57 Å². The molecule has 0 fully saturated rings. The molecule has 0 aliphatic carbocycles. The number of nitrogens with one attached hydrogen (secondary N) is 1. The van der Waals surface area contributed by atoms with Gasteiger partial charge >= 0.3 is 13.7 Å². The molecule has 2 aromatic carbocycles. The highest BCUT2D eigenvalue weighted by atomic mass is 31.2. The molecule has 0 saturated heterocycles. The van der Waals surface area contributed by atoms with Crippen molar-refractivity contribution in [2.24, 2.45) is 0 Å². The van der Waals surface area contributed by atoms with Crippen LogP contribution in [0.3, 0.4) is 0 Å². The highest BCUT2D eigenvalue weighted by Gasteiger charge is 2.33. The van der Waals surface area contributed by atoms with Gasteiger partial charge < -0.3 is 14.2 Å². The predicted octanol–water partition coefficient (Wildman–Crippen LogP) is 3.22. The third-order valence-electron chi connectivity index (χ3n) is 2.96. The Labute approximate surface area is 142 Å². The van der Waals surface area contributed by atoms with E-state index in [1.807, 2.05) is 0 Å². The van der Waals surface area contributed by atoms with Crippen molar-refractivity contribution in [1.29, 1.82) is 0 Å². The number of rotatable bonds is 8. The molecule has 2 rings (SSSR count). The molecule has 0 amide bonds. The van der Waals surface area contributed by atoms with Crippen LogP contribution in [0.2, 0.25) is 0 Å². The molecule has 9 nitrogen and oxygen atoms in total. The zero-order valence-corrected chi connectivity index (χ0v) is 14.0. The van der Waals surface area contributed by atoms with Gasteiger partial charge in [-0.3, -0.25) is 14.9 Å². The Morgan fingerprint density at radius 3 is 2.12 bits per heavy atom. The van der Waals surface area contributed by atoms with Gasteiger partial charge in [-0.2, -0.15) is 5.09 Å². The van der Waals surface area contributed by atoms with Crippen molar-refractivity contribution >= 4 is 19.4 Å². The van der Waals surface area contributed by atoms with E-state index in [-0.39, 0.29) is 17.2 Å². The van der Waals surface area contributed by atoms with Gasteiger partial charge in [0.1, 0.15) is 17.5 Å². The lowest BCUT2D eigenvalue weighted by atomic mass is 10.3. The van der Waals surface area contributed by atoms with Crippen molar-refractivity contribution in [3.63, 3.8) is 0 Å². The Kier molecular flexibility index (Phi) is 5.74. The van der Waals surface area contributed by atoms with E-state index in [1.165, 1.54) is 43.3 Å². The summed E-state index contributed by atoms with van der Waals surface area (Å²) in [4.78, 5) is 21.1. The number of aliphatic carboxylic acids is 1. The minimum Gasteiger partial charge on any atom is -0.480 e. The fraction of sp³-hybridized carbons (Fsp3) is 0.133. The zero-order chi connectivity index (χ0) is 18.4. The molecule has 25 heavy (non-hydrogen) atoms. The molecule has 0 bridgehead atoms. The SMILES string of the molecule is C[C@H](NP(=O)(Oc1ccccc1)Oc1ccc([N+](=O)[O-])cc1)C(=O)O. The average Bonchev–Trinajstić information content (AvgIpc) is 2.55. The van der Waals surface area contributed by atoms with Gasteiger partial charge in [-0.05, 0) is 31.2 Å². The van der Waals surface area contributed by atoms with Crippen molar-refractivity contribution in [2.75, 3.05) is 0 Å². The second-order valence-electron chi connectivity index (χ2n) is 4.93. The summed E-state index contributed by atoms with van der Waals surface area (Å²) in [6, 6.07) is 11.7. The van der Waals surface area contributed by atoms with E-state index in [1.54, 1.807) is 18.2 Å². The van der Waals surface area contributed by atoms with Crippen LogP contribution in [-0.4, -0.2) is 22.0 Å². The summed E-state index contributed by atoms with van der Waals surface area (Å²) >= 11 is 0. The molecule has 0 heterocycles.